The topological polar surface area (TPSA) is 26.0 Å². The summed E-state index contributed by atoms with van der Waals surface area (Å²) in [6, 6.07) is 9.99. The predicted molar refractivity (Wildman–Crippen MR) is 82.2 cm³/mol. The Labute approximate surface area is 125 Å². The van der Waals surface area contributed by atoms with Crippen LogP contribution < -0.4 is 5.73 Å². The van der Waals surface area contributed by atoms with E-state index in [4.69, 9.17) is 17.3 Å². The Morgan fingerprint density at radius 1 is 1.38 bits per heavy atom. The molecule has 0 aliphatic carbocycles. The van der Waals surface area contributed by atoms with Crippen molar-refractivity contribution in [2.45, 2.75) is 6.04 Å². The predicted octanol–water partition coefficient (Wildman–Crippen LogP) is 4.82. The maximum Gasteiger partial charge on any atom is 0.107 e. The SMILES string of the molecule is NC(c1cc(Br)c(Cl)s1)c1ccccc1I. The number of rotatable bonds is 2. The van der Waals surface area contributed by atoms with Crippen LogP contribution in [0.3, 0.4) is 0 Å². The molecular weight excluding hydrogens is 420 g/mol. The number of benzene rings is 1. The van der Waals surface area contributed by atoms with Gasteiger partial charge in [-0.25, -0.2) is 0 Å². The Balaban J connectivity index is 2.39. The Kier molecular flexibility index (Phi) is 4.29. The molecule has 1 heterocycles. The zero-order chi connectivity index (χ0) is 11.7. The van der Waals surface area contributed by atoms with Gasteiger partial charge >= 0.3 is 0 Å². The van der Waals surface area contributed by atoms with E-state index in [-0.39, 0.29) is 6.04 Å². The molecule has 0 aliphatic rings. The van der Waals surface area contributed by atoms with Crippen molar-refractivity contribution in [2.75, 3.05) is 0 Å². The van der Waals surface area contributed by atoms with Crippen molar-refractivity contribution in [1.82, 2.24) is 0 Å². The van der Waals surface area contributed by atoms with Crippen LogP contribution in [-0.2, 0) is 0 Å². The van der Waals surface area contributed by atoms with E-state index in [9.17, 15) is 0 Å². The van der Waals surface area contributed by atoms with E-state index in [0.29, 0.717) is 0 Å². The molecule has 2 rings (SSSR count). The number of thiophene rings is 1. The molecule has 1 atom stereocenters. The first-order valence-electron chi connectivity index (χ1n) is 4.54. The van der Waals surface area contributed by atoms with Crippen LogP contribution in [0, 0.1) is 3.57 Å². The Morgan fingerprint density at radius 2 is 2.06 bits per heavy atom. The standard InChI is InChI=1S/C11H8BrClINS/c12-7-5-9(16-11(7)13)10(15)6-3-1-2-4-8(6)14/h1-5,10H,15H2. The van der Waals surface area contributed by atoms with Gasteiger partial charge in [0.25, 0.3) is 0 Å². The van der Waals surface area contributed by atoms with Crippen LogP contribution in [0.4, 0.5) is 0 Å². The summed E-state index contributed by atoms with van der Waals surface area (Å²) < 4.78 is 2.83. The molecule has 2 aromatic rings. The van der Waals surface area contributed by atoms with E-state index in [1.54, 1.807) is 0 Å². The largest absolute Gasteiger partial charge is 0.320 e. The van der Waals surface area contributed by atoms with Gasteiger partial charge in [0, 0.05) is 12.9 Å². The molecule has 1 aromatic carbocycles. The minimum Gasteiger partial charge on any atom is -0.320 e. The van der Waals surface area contributed by atoms with E-state index in [0.717, 1.165) is 19.2 Å². The average Bonchev–Trinajstić information content (AvgIpc) is 2.59. The van der Waals surface area contributed by atoms with Gasteiger partial charge in [0.15, 0.2) is 0 Å². The van der Waals surface area contributed by atoms with E-state index < -0.39 is 0 Å². The molecule has 1 aromatic heterocycles. The van der Waals surface area contributed by atoms with Crippen molar-refractivity contribution < 1.29 is 0 Å². The van der Waals surface area contributed by atoms with Crippen LogP contribution in [0.5, 0.6) is 0 Å². The Hall–Kier alpha value is 0.380. The first kappa shape index (κ1) is 12.8. The summed E-state index contributed by atoms with van der Waals surface area (Å²) in [6.07, 6.45) is 0. The van der Waals surface area contributed by atoms with Gasteiger partial charge in [-0.2, -0.15) is 0 Å². The maximum absolute atomic E-state index is 6.23. The number of hydrogen-bond acceptors (Lipinski definition) is 2. The summed E-state index contributed by atoms with van der Waals surface area (Å²) in [7, 11) is 0. The minimum absolute atomic E-state index is 0.109. The van der Waals surface area contributed by atoms with Crippen LogP contribution in [0.25, 0.3) is 0 Å². The van der Waals surface area contributed by atoms with E-state index >= 15 is 0 Å². The highest BCUT2D eigenvalue weighted by Gasteiger charge is 2.15. The molecule has 0 aliphatic heterocycles. The van der Waals surface area contributed by atoms with Crippen molar-refractivity contribution in [3.8, 4) is 0 Å². The van der Waals surface area contributed by atoms with Gasteiger partial charge in [0.1, 0.15) is 4.34 Å². The highest BCUT2D eigenvalue weighted by molar-refractivity contribution is 14.1. The fourth-order valence-electron chi connectivity index (χ4n) is 1.40. The molecule has 0 saturated heterocycles. The summed E-state index contributed by atoms with van der Waals surface area (Å²) in [6.45, 7) is 0. The van der Waals surface area contributed by atoms with Crippen LogP contribution in [-0.4, -0.2) is 0 Å². The summed E-state index contributed by atoms with van der Waals surface area (Å²) in [5.41, 5.74) is 7.36. The third-order valence-corrected chi connectivity index (χ3v) is 5.75. The monoisotopic (exact) mass is 427 g/mol. The summed E-state index contributed by atoms with van der Waals surface area (Å²) in [5.74, 6) is 0. The molecule has 0 radical (unpaired) electrons. The molecule has 0 fully saturated rings. The molecule has 1 unspecified atom stereocenters. The highest BCUT2D eigenvalue weighted by Crippen LogP contribution is 2.37. The molecule has 0 bridgehead atoms. The Bertz CT molecular complexity index is 495. The molecular formula is C11H8BrClINS. The first-order valence-corrected chi connectivity index (χ1v) is 7.61. The third-order valence-electron chi connectivity index (χ3n) is 2.21. The molecule has 2 N–H and O–H groups in total. The van der Waals surface area contributed by atoms with Crippen molar-refractivity contribution in [3.05, 3.63) is 53.2 Å². The normalized spacial score (nSPS) is 12.8. The van der Waals surface area contributed by atoms with Crippen LogP contribution in [0.1, 0.15) is 16.5 Å². The van der Waals surface area contributed by atoms with E-state index in [2.05, 4.69) is 44.6 Å². The second-order valence-electron chi connectivity index (χ2n) is 3.27. The zero-order valence-electron chi connectivity index (χ0n) is 8.08. The second kappa shape index (κ2) is 5.35. The van der Waals surface area contributed by atoms with Crippen LogP contribution >= 0.6 is 61.5 Å². The highest BCUT2D eigenvalue weighted by atomic mass is 127. The lowest BCUT2D eigenvalue weighted by Gasteiger charge is -2.11. The van der Waals surface area contributed by atoms with Gasteiger partial charge in [0.2, 0.25) is 0 Å². The molecule has 84 valence electrons. The minimum atomic E-state index is -0.109. The lowest BCUT2D eigenvalue weighted by molar-refractivity contribution is 0.886. The smallest absolute Gasteiger partial charge is 0.107 e. The quantitative estimate of drug-likeness (QED) is 0.682. The van der Waals surface area contributed by atoms with Gasteiger partial charge in [0.05, 0.1) is 6.04 Å². The molecule has 0 spiro atoms. The maximum atomic E-state index is 6.23. The summed E-state index contributed by atoms with van der Waals surface area (Å²) in [4.78, 5) is 1.07. The van der Waals surface area contributed by atoms with Gasteiger partial charge in [-0.05, 0) is 56.2 Å². The molecule has 1 nitrogen and oxygen atoms in total. The van der Waals surface area contributed by atoms with Crippen molar-refractivity contribution >= 4 is 61.5 Å². The fourth-order valence-corrected chi connectivity index (χ4v) is 3.88. The van der Waals surface area contributed by atoms with Gasteiger partial charge in [-0.15, -0.1) is 11.3 Å². The molecule has 0 saturated carbocycles. The lowest BCUT2D eigenvalue weighted by Crippen LogP contribution is -2.11. The van der Waals surface area contributed by atoms with Gasteiger partial charge in [-0.3, -0.25) is 0 Å². The Morgan fingerprint density at radius 3 is 2.62 bits per heavy atom. The second-order valence-corrected chi connectivity index (χ2v) is 6.97. The average molecular weight is 429 g/mol. The number of halogens is 3. The zero-order valence-corrected chi connectivity index (χ0v) is 13.4. The van der Waals surface area contributed by atoms with E-state index in [1.165, 1.54) is 14.9 Å². The molecule has 0 amide bonds. The summed E-state index contributed by atoms with van der Waals surface area (Å²) in [5, 5.41) is 0. The van der Waals surface area contributed by atoms with Gasteiger partial charge in [-0.1, -0.05) is 29.8 Å². The fraction of sp³-hybridized carbons (Fsp3) is 0.0909. The third kappa shape index (κ3) is 2.61. The van der Waals surface area contributed by atoms with Crippen molar-refractivity contribution in [1.29, 1.82) is 0 Å². The molecule has 5 heteroatoms. The van der Waals surface area contributed by atoms with Crippen LogP contribution in [0.15, 0.2) is 34.8 Å². The number of hydrogen-bond donors (Lipinski definition) is 1. The molecule has 16 heavy (non-hydrogen) atoms. The first-order chi connectivity index (χ1) is 7.59. The van der Waals surface area contributed by atoms with Crippen LogP contribution in [0.2, 0.25) is 4.34 Å². The summed E-state index contributed by atoms with van der Waals surface area (Å²) >= 11 is 13.2. The van der Waals surface area contributed by atoms with Gasteiger partial charge < -0.3 is 5.73 Å². The van der Waals surface area contributed by atoms with Crippen molar-refractivity contribution in [2.24, 2.45) is 5.73 Å². The number of nitrogens with two attached hydrogens (primary N) is 1. The van der Waals surface area contributed by atoms with Crippen molar-refractivity contribution in [3.63, 3.8) is 0 Å². The van der Waals surface area contributed by atoms with E-state index in [1.807, 2.05) is 24.3 Å². The lowest BCUT2D eigenvalue weighted by atomic mass is 10.1.